The first kappa shape index (κ1) is 13.4. The number of aryl methyl sites for hydroxylation is 1. The van der Waals surface area contributed by atoms with Gasteiger partial charge in [0.25, 0.3) is 0 Å². The molecule has 0 saturated heterocycles. The lowest BCUT2D eigenvalue weighted by molar-refractivity contribution is -0.157. The molecular weight excluding hydrogens is 302 g/mol. The zero-order chi connectivity index (χ0) is 13.5. The molecule has 2 aliphatic rings. The Balaban J connectivity index is 1.69. The number of ether oxygens (including phenoxy) is 1. The Morgan fingerprint density at radius 2 is 2.21 bits per heavy atom. The van der Waals surface area contributed by atoms with Crippen LogP contribution in [0.25, 0.3) is 0 Å². The molecule has 0 aliphatic heterocycles. The van der Waals surface area contributed by atoms with E-state index in [2.05, 4.69) is 53.3 Å². The third-order valence-corrected chi connectivity index (χ3v) is 5.80. The van der Waals surface area contributed by atoms with Gasteiger partial charge in [-0.25, -0.2) is 0 Å². The van der Waals surface area contributed by atoms with Crippen LogP contribution >= 0.6 is 15.9 Å². The molecule has 0 radical (unpaired) electrons. The van der Waals surface area contributed by atoms with Crippen molar-refractivity contribution in [3.8, 4) is 0 Å². The molecule has 2 unspecified atom stereocenters. The summed E-state index contributed by atoms with van der Waals surface area (Å²) in [5, 5.41) is 3.72. The van der Waals surface area contributed by atoms with E-state index < -0.39 is 0 Å². The van der Waals surface area contributed by atoms with Gasteiger partial charge < -0.3 is 10.1 Å². The smallest absolute Gasteiger partial charge is 0.0670 e. The van der Waals surface area contributed by atoms with Crippen LogP contribution in [0.1, 0.15) is 38.2 Å². The van der Waals surface area contributed by atoms with Gasteiger partial charge >= 0.3 is 0 Å². The van der Waals surface area contributed by atoms with Crippen molar-refractivity contribution in [2.24, 2.45) is 5.41 Å². The summed E-state index contributed by atoms with van der Waals surface area (Å²) < 4.78 is 7.08. The predicted molar refractivity (Wildman–Crippen MR) is 82.6 cm³/mol. The van der Waals surface area contributed by atoms with Crippen LogP contribution in [0.2, 0.25) is 0 Å². The molecule has 2 aliphatic carbocycles. The first-order valence-electron chi connectivity index (χ1n) is 7.30. The molecule has 2 atom stereocenters. The van der Waals surface area contributed by atoms with Crippen LogP contribution in [0.15, 0.2) is 22.7 Å². The fourth-order valence-corrected chi connectivity index (χ4v) is 3.90. The summed E-state index contributed by atoms with van der Waals surface area (Å²) in [7, 11) is 0. The summed E-state index contributed by atoms with van der Waals surface area (Å²) >= 11 is 3.61. The highest BCUT2D eigenvalue weighted by Gasteiger charge is 2.58. The number of hydrogen-bond acceptors (Lipinski definition) is 2. The number of anilines is 1. The van der Waals surface area contributed by atoms with E-state index in [-0.39, 0.29) is 0 Å². The van der Waals surface area contributed by atoms with E-state index in [4.69, 9.17) is 4.74 Å². The number of rotatable bonds is 4. The van der Waals surface area contributed by atoms with E-state index in [0.29, 0.717) is 17.6 Å². The van der Waals surface area contributed by atoms with Crippen molar-refractivity contribution in [3.63, 3.8) is 0 Å². The minimum Gasteiger partial charge on any atom is -0.382 e. The normalized spacial score (nSPS) is 27.7. The van der Waals surface area contributed by atoms with Gasteiger partial charge in [-0.1, -0.05) is 28.4 Å². The molecule has 2 nitrogen and oxygen atoms in total. The van der Waals surface area contributed by atoms with Crippen LogP contribution in [0.5, 0.6) is 0 Å². The lowest BCUT2D eigenvalue weighted by Crippen LogP contribution is -2.64. The van der Waals surface area contributed by atoms with Gasteiger partial charge in [-0.15, -0.1) is 0 Å². The highest BCUT2D eigenvalue weighted by molar-refractivity contribution is 9.10. The van der Waals surface area contributed by atoms with E-state index in [9.17, 15) is 0 Å². The molecule has 1 aromatic carbocycles. The zero-order valence-corrected chi connectivity index (χ0v) is 13.3. The Labute approximate surface area is 124 Å². The van der Waals surface area contributed by atoms with Crippen molar-refractivity contribution in [1.82, 2.24) is 0 Å². The van der Waals surface area contributed by atoms with Gasteiger partial charge in [0.15, 0.2) is 0 Å². The van der Waals surface area contributed by atoms with E-state index >= 15 is 0 Å². The van der Waals surface area contributed by atoms with Gasteiger partial charge in [0.1, 0.15) is 0 Å². The minimum atomic E-state index is 0.424. The van der Waals surface area contributed by atoms with Gasteiger partial charge in [-0.2, -0.15) is 0 Å². The number of benzene rings is 1. The average molecular weight is 324 g/mol. The molecule has 1 aromatic rings. The Morgan fingerprint density at radius 1 is 1.42 bits per heavy atom. The van der Waals surface area contributed by atoms with Gasteiger partial charge in [-0.05, 0) is 50.8 Å². The fraction of sp³-hybridized carbons (Fsp3) is 0.625. The molecule has 1 spiro atoms. The minimum absolute atomic E-state index is 0.424. The topological polar surface area (TPSA) is 21.3 Å². The third kappa shape index (κ3) is 2.21. The van der Waals surface area contributed by atoms with Crippen molar-refractivity contribution in [3.05, 3.63) is 28.2 Å². The van der Waals surface area contributed by atoms with Crippen LogP contribution < -0.4 is 5.32 Å². The Morgan fingerprint density at radius 3 is 2.79 bits per heavy atom. The number of nitrogens with one attached hydrogen (secondary N) is 1. The molecule has 2 fully saturated rings. The maximum absolute atomic E-state index is 5.90. The lowest BCUT2D eigenvalue weighted by atomic mass is 9.51. The fourth-order valence-electron chi connectivity index (χ4n) is 3.52. The van der Waals surface area contributed by atoms with Crippen LogP contribution in [0.3, 0.4) is 0 Å². The van der Waals surface area contributed by atoms with Crippen molar-refractivity contribution in [2.45, 2.75) is 51.7 Å². The molecule has 104 valence electrons. The van der Waals surface area contributed by atoms with Crippen molar-refractivity contribution in [2.75, 3.05) is 11.9 Å². The molecular formula is C16H22BrNO. The second-order valence-corrected chi connectivity index (χ2v) is 6.78. The second kappa shape index (κ2) is 5.10. The largest absolute Gasteiger partial charge is 0.382 e. The van der Waals surface area contributed by atoms with Crippen molar-refractivity contribution < 1.29 is 4.74 Å². The summed E-state index contributed by atoms with van der Waals surface area (Å²) in [6.45, 7) is 5.06. The SMILES string of the molecule is CCOC1CC(Nc2ccc(C)c(Br)c2)C12CCC2. The zero-order valence-electron chi connectivity index (χ0n) is 11.7. The van der Waals surface area contributed by atoms with Crippen LogP contribution in [-0.2, 0) is 4.74 Å². The summed E-state index contributed by atoms with van der Waals surface area (Å²) in [5.74, 6) is 0. The molecule has 3 rings (SSSR count). The molecule has 0 bridgehead atoms. The van der Waals surface area contributed by atoms with Crippen molar-refractivity contribution >= 4 is 21.6 Å². The lowest BCUT2D eigenvalue weighted by Gasteiger charge is -2.61. The number of halogens is 1. The van der Waals surface area contributed by atoms with Crippen LogP contribution in [0.4, 0.5) is 5.69 Å². The maximum atomic E-state index is 5.90. The molecule has 1 N–H and O–H groups in total. The van der Waals surface area contributed by atoms with Crippen molar-refractivity contribution in [1.29, 1.82) is 0 Å². The third-order valence-electron chi connectivity index (χ3n) is 4.95. The highest BCUT2D eigenvalue weighted by atomic mass is 79.9. The first-order chi connectivity index (χ1) is 9.15. The predicted octanol–water partition coefficient (Wildman–Crippen LogP) is 4.52. The maximum Gasteiger partial charge on any atom is 0.0670 e. The molecule has 19 heavy (non-hydrogen) atoms. The van der Waals surface area contributed by atoms with E-state index in [1.165, 1.54) is 35.0 Å². The monoisotopic (exact) mass is 323 g/mol. The molecule has 0 aromatic heterocycles. The van der Waals surface area contributed by atoms with Gasteiger partial charge in [0.2, 0.25) is 0 Å². The second-order valence-electron chi connectivity index (χ2n) is 5.93. The number of hydrogen-bond donors (Lipinski definition) is 1. The molecule has 0 amide bonds. The Bertz CT molecular complexity index is 470. The summed E-state index contributed by atoms with van der Waals surface area (Å²) in [6, 6.07) is 7.13. The standard InChI is InChI=1S/C16H22BrNO/c1-3-19-15-10-14(16(15)7-4-8-16)18-12-6-5-11(2)13(17)9-12/h5-6,9,14-15,18H,3-4,7-8,10H2,1-2H3. The Kier molecular flexibility index (Phi) is 3.61. The van der Waals surface area contributed by atoms with E-state index in [1.807, 2.05) is 0 Å². The quantitative estimate of drug-likeness (QED) is 0.879. The molecule has 3 heteroatoms. The summed E-state index contributed by atoms with van der Waals surface area (Å²) in [4.78, 5) is 0. The van der Waals surface area contributed by atoms with Crippen LogP contribution in [0, 0.1) is 12.3 Å². The average Bonchev–Trinajstić information content (AvgIpc) is 2.30. The highest BCUT2D eigenvalue weighted by Crippen LogP contribution is 2.58. The summed E-state index contributed by atoms with van der Waals surface area (Å²) in [6.07, 6.45) is 5.64. The van der Waals surface area contributed by atoms with Gasteiger partial charge in [-0.3, -0.25) is 0 Å². The first-order valence-corrected chi connectivity index (χ1v) is 8.09. The molecule has 2 saturated carbocycles. The van der Waals surface area contributed by atoms with E-state index in [1.54, 1.807) is 0 Å². The van der Waals surface area contributed by atoms with Gasteiger partial charge in [0.05, 0.1) is 6.10 Å². The van der Waals surface area contributed by atoms with E-state index in [0.717, 1.165) is 13.0 Å². The Hall–Kier alpha value is -0.540. The summed E-state index contributed by atoms with van der Waals surface area (Å²) in [5.41, 5.74) is 2.93. The molecule has 0 heterocycles. The van der Waals surface area contributed by atoms with Gasteiger partial charge in [0, 0.05) is 28.2 Å². The van der Waals surface area contributed by atoms with Crippen LogP contribution in [-0.4, -0.2) is 18.8 Å².